The molecule has 2 aliphatic heterocycles. The number of likely N-dealkylation sites (N-methyl/N-ethyl adjacent to an activating group) is 1. The number of carbonyl (C=O) groups is 1. The predicted molar refractivity (Wildman–Crippen MR) is 241 cm³/mol. The van der Waals surface area contributed by atoms with Gasteiger partial charge >= 0.3 is 5.51 Å². The van der Waals surface area contributed by atoms with Gasteiger partial charge in [-0.1, -0.05) is 54.8 Å². The maximum absolute atomic E-state index is 13.9. The zero-order chi connectivity index (χ0) is 46.2. The van der Waals surface area contributed by atoms with Crippen LogP contribution in [0.15, 0.2) is 94.2 Å². The topological polar surface area (TPSA) is 152 Å². The molecular weight excluding hydrogens is 917 g/mol. The van der Waals surface area contributed by atoms with Gasteiger partial charge in [0.15, 0.2) is 0 Å². The third-order valence-corrected chi connectivity index (χ3v) is 15.1. The number of benzene rings is 4. The highest BCUT2D eigenvalue weighted by Gasteiger charge is 2.48. The molecule has 7 rings (SSSR count). The molecule has 13 nitrogen and oxygen atoms in total. The number of amides is 1. The number of ether oxygens (including phenoxy) is 1. The van der Waals surface area contributed by atoms with Gasteiger partial charge in [-0.3, -0.25) is 9.69 Å². The molecule has 4 aromatic carbocycles. The van der Waals surface area contributed by atoms with Crippen LogP contribution in [0, 0.1) is 5.41 Å². The molecule has 64 heavy (non-hydrogen) atoms. The van der Waals surface area contributed by atoms with Gasteiger partial charge in [-0.2, -0.15) is 13.2 Å². The number of piperazine rings is 2. The Labute approximate surface area is 381 Å². The first-order valence-corrected chi connectivity index (χ1v) is 24.3. The van der Waals surface area contributed by atoms with Crippen LogP contribution in [0.3, 0.4) is 0 Å². The van der Waals surface area contributed by atoms with Gasteiger partial charge in [0.25, 0.3) is 25.8 Å². The van der Waals surface area contributed by atoms with Gasteiger partial charge < -0.3 is 25.1 Å². The van der Waals surface area contributed by atoms with Crippen LogP contribution in [0.5, 0.6) is 17.2 Å². The van der Waals surface area contributed by atoms with Crippen LogP contribution >= 0.6 is 23.2 Å². The van der Waals surface area contributed by atoms with Crippen molar-refractivity contribution in [3.05, 3.63) is 106 Å². The molecule has 0 bridgehead atoms. The number of sulfone groups is 1. The summed E-state index contributed by atoms with van der Waals surface area (Å²) in [7, 11) is -9.21. The second-order valence-corrected chi connectivity index (χ2v) is 21.5. The number of rotatable bonds is 12. The number of carbonyl (C=O) groups excluding carboxylic acids is 1. The quantitative estimate of drug-likeness (QED) is 0.125. The van der Waals surface area contributed by atoms with Gasteiger partial charge in [0.1, 0.15) is 22.1 Å². The maximum Gasteiger partial charge on any atom is 0.501 e. The first kappa shape index (κ1) is 47.4. The van der Waals surface area contributed by atoms with E-state index in [4.69, 9.17) is 27.9 Å². The molecule has 0 aromatic heterocycles. The summed E-state index contributed by atoms with van der Waals surface area (Å²) in [6.45, 7) is 9.81. The van der Waals surface area contributed by atoms with Crippen molar-refractivity contribution < 1.29 is 44.6 Å². The average molecular weight is 966 g/mol. The van der Waals surface area contributed by atoms with Crippen molar-refractivity contribution in [3.8, 4) is 17.2 Å². The summed E-state index contributed by atoms with van der Waals surface area (Å²) in [6.07, 6.45) is 3.02. The molecule has 1 aliphatic carbocycles. The van der Waals surface area contributed by atoms with Crippen LogP contribution in [0.25, 0.3) is 5.57 Å². The van der Waals surface area contributed by atoms with Crippen LogP contribution in [0.4, 0.5) is 24.5 Å². The second kappa shape index (κ2) is 18.7. The lowest BCUT2D eigenvalue weighted by Gasteiger charge is -2.39. The lowest BCUT2D eigenvalue weighted by atomic mass is 9.72. The summed E-state index contributed by atoms with van der Waals surface area (Å²) in [4.78, 5) is 18.1. The molecule has 0 radical (unpaired) electrons. The minimum Gasteiger partial charge on any atom is -0.508 e. The smallest absolute Gasteiger partial charge is 0.501 e. The van der Waals surface area contributed by atoms with E-state index in [1.807, 2.05) is 28.8 Å². The van der Waals surface area contributed by atoms with Crippen molar-refractivity contribution in [2.24, 2.45) is 5.41 Å². The fraction of sp³-hybridized carbons (Fsp3) is 0.386. The zero-order valence-electron chi connectivity index (χ0n) is 35.4. The van der Waals surface area contributed by atoms with Crippen LogP contribution in [-0.4, -0.2) is 114 Å². The molecule has 2 heterocycles. The number of halogens is 5. The molecule has 344 valence electrons. The fourth-order valence-corrected chi connectivity index (χ4v) is 10.3. The highest BCUT2D eigenvalue weighted by atomic mass is 35.5. The Kier molecular flexibility index (Phi) is 13.9. The van der Waals surface area contributed by atoms with E-state index in [-0.39, 0.29) is 33.2 Å². The van der Waals surface area contributed by atoms with Crippen molar-refractivity contribution in [2.45, 2.75) is 48.4 Å². The zero-order valence-corrected chi connectivity index (χ0v) is 38.5. The van der Waals surface area contributed by atoms with Crippen molar-refractivity contribution in [1.29, 1.82) is 0 Å². The van der Waals surface area contributed by atoms with Crippen molar-refractivity contribution in [2.75, 3.05) is 76.3 Å². The molecule has 3 N–H and O–H groups in total. The standard InChI is InChI=1S/C44H49Cl2F3N6O7S2/c1-43(2)15-14-30(36(27-43)29-4-6-31(45)7-5-29)28-53-18-20-54(21-19-53)32-8-11-35(40(24-32)62-39-13-9-33(56)25-37(39)46)42(57)51-64(60,61)34-10-12-38(50-55-22-16-52(3)17-23-55)41(26-34)63(58,59)44(47,48)49/h4-13,24-26,50,56H,14-23,27-28H2,1-3H3,(H,51,57). The van der Waals surface area contributed by atoms with Crippen LogP contribution in [0.2, 0.25) is 10.0 Å². The summed E-state index contributed by atoms with van der Waals surface area (Å²) in [5, 5.41) is 12.2. The third kappa shape index (κ3) is 10.9. The van der Waals surface area contributed by atoms with Gasteiger partial charge in [0.05, 0.1) is 21.2 Å². The summed E-state index contributed by atoms with van der Waals surface area (Å²) in [5.74, 6) is -1.46. The van der Waals surface area contributed by atoms with Gasteiger partial charge in [0, 0.05) is 81.7 Å². The Hall–Kier alpha value is -4.56. The van der Waals surface area contributed by atoms with Gasteiger partial charge in [0.2, 0.25) is 0 Å². The Morgan fingerprint density at radius 1 is 0.844 bits per heavy atom. The van der Waals surface area contributed by atoms with E-state index >= 15 is 0 Å². The fourth-order valence-electron chi connectivity index (χ4n) is 8.00. The van der Waals surface area contributed by atoms with E-state index in [2.05, 4.69) is 41.2 Å². The van der Waals surface area contributed by atoms with Crippen LogP contribution in [0.1, 0.15) is 49.0 Å². The first-order chi connectivity index (χ1) is 30.1. The van der Waals surface area contributed by atoms with Gasteiger partial charge in [-0.15, -0.1) is 0 Å². The number of hydrogen-bond acceptors (Lipinski definition) is 12. The number of aromatic hydroxyl groups is 1. The lowest BCUT2D eigenvalue weighted by Crippen LogP contribution is -2.47. The number of nitrogens with zero attached hydrogens (tertiary/aromatic N) is 4. The second-order valence-electron chi connectivity index (χ2n) is 17.0. The maximum atomic E-state index is 13.9. The molecule has 0 spiro atoms. The summed E-state index contributed by atoms with van der Waals surface area (Å²) in [5.41, 5.74) is 0.903. The SMILES string of the molecule is CN1CCN(Nc2ccc(S(=O)(=O)NC(=O)c3ccc(N4CCN(CC5=C(c6ccc(Cl)cc6)CC(C)(C)CC5)CC4)cc3Oc3ccc(O)cc3Cl)cc2S(=O)(=O)C(F)(F)F)CC1. The number of nitrogens with one attached hydrogen (secondary N) is 2. The Morgan fingerprint density at radius 2 is 1.53 bits per heavy atom. The van der Waals surface area contributed by atoms with Crippen molar-refractivity contribution in [1.82, 2.24) is 19.5 Å². The molecule has 2 saturated heterocycles. The molecule has 4 aromatic rings. The average Bonchev–Trinajstić information content (AvgIpc) is 3.23. The number of hydrogen-bond donors (Lipinski definition) is 3. The van der Waals surface area contributed by atoms with E-state index in [9.17, 15) is 39.9 Å². The molecule has 2 fully saturated rings. The normalized spacial score (nSPS) is 18.2. The van der Waals surface area contributed by atoms with Crippen LogP contribution < -0.4 is 19.8 Å². The van der Waals surface area contributed by atoms with E-state index in [1.165, 1.54) is 46.0 Å². The van der Waals surface area contributed by atoms with Crippen LogP contribution in [-0.2, 0) is 19.9 Å². The molecule has 0 saturated carbocycles. The number of sulfonamides is 1. The largest absolute Gasteiger partial charge is 0.508 e. The van der Waals surface area contributed by atoms with Gasteiger partial charge in [-0.05, 0) is 97.5 Å². The Morgan fingerprint density at radius 3 is 2.19 bits per heavy atom. The summed E-state index contributed by atoms with van der Waals surface area (Å²) < 4.78 is 103. The minimum atomic E-state index is -6.07. The number of alkyl halides is 3. The number of anilines is 2. The van der Waals surface area contributed by atoms with E-state index in [1.54, 1.807) is 12.1 Å². The van der Waals surface area contributed by atoms with Crippen molar-refractivity contribution in [3.63, 3.8) is 0 Å². The van der Waals surface area contributed by atoms with E-state index in [0.717, 1.165) is 51.0 Å². The Bertz CT molecular complexity index is 2650. The minimum absolute atomic E-state index is 0.0138. The van der Waals surface area contributed by atoms with Crippen molar-refractivity contribution >= 4 is 65.9 Å². The number of allylic oxidation sites excluding steroid dienone is 1. The molecule has 20 heteroatoms. The highest BCUT2D eigenvalue weighted by Crippen LogP contribution is 2.44. The first-order valence-electron chi connectivity index (χ1n) is 20.6. The predicted octanol–water partition coefficient (Wildman–Crippen LogP) is 8.26. The van der Waals surface area contributed by atoms with Gasteiger partial charge in [-0.25, -0.2) is 26.6 Å². The third-order valence-electron chi connectivity index (χ3n) is 11.7. The summed E-state index contributed by atoms with van der Waals surface area (Å²) >= 11 is 12.6. The molecular formula is C44H49Cl2F3N6O7S2. The highest BCUT2D eigenvalue weighted by molar-refractivity contribution is 7.92. The van der Waals surface area contributed by atoms with E-state index in [0.29, 0.717) is 56.0 Å². The molecule has 3 aliphatic rings. The van der Waals surface area contributed by atoms with E-state index < -0.39 is 46.8 Å². The molecule has 0 atom stereocenters. The Balaban J connectivity index is 1.13. The monoisotopic (exact) mass is 964 g/mol. The lowest BCUT2D eigenvalue weighted by molar-refractivity contribution is -0.0436. The molecule has 1 amide bonds. The number of phenolic OH excluding ortho intramolecular Hbond substituents is 1. The number of phenols is 1. The number of hydrazine groups is 1. The summed E-state index contributed by atoms with van der Waals surface area (Å²) in [6, 6.07) is 18.6. The molecule has 0 unspecified atom stereocenters.